The fraction of sp³-hybridized carbons (Fsp3) is 0.381. The van der Waals surface area contributed by atoms with Crippen molar-refractivity contribution in [1.29, 1.82) is 0 Å². The maximum atomic E-state index is 12.6. The van der Waals surface area contributed by atoms with Crippen molar-refractivity contribution in [3.8, 4) is 0 Å². The molecule has 1 saturated heterocycles. The van der Waals surface area contributed by atoms with Crippen LogP contribution in [0.3, 0.4) is 0 Å². The second-order valence-corrected chi connectivity index (χ2v) is 7.80. The largest absolute Gasteiger partial charge is 0.367 e. The zero-order chi connectivity index (χ0) is 17.6. The van der Waals surface area contributed by atoms with Crippen LogP contribution in [-0.4, -0.2) is 29.7 Å². The lowest BCUT2D eigenvalue weighted by Gasteiger charge is -2.24. The number of hydrogen-bond donors (Lipinski definition) is 0. The predicted octanol–water partition coefficient (Wildman–Crippen LogP) is 4.60. The van der Waals surface area contributed by atoms with Crippen LogP contribution in [0, 0.1) is 0 Å². The third-order valence-corrected chi connectivity index (χ3v) is 5.70. The van der Waals surface area contributed by atoms with Crippen molar-refractivity contribution in [2.75, 3.05) is 18.9 Å². The van der Waals surface area contributed by atoms with Gasteiger partial charge < -0.3 is 9.64 Å². The minimum atomic E-state index is 0.0684. The molecule has 1 heterocycles. The van der Waals surface area contributed by atoms with Crippen LogP contribution in [0.25, 0.3) is 0 Å². The first kappa shape index (κ1) is 18.0. The number of ether oxygens (including phenoxy) is 1. The molecule has 1 aliphatic heterocycles. The van der Waals surface area contributed by atoms with Crippen molar-refractivity contribution >= 4 is 17.7 Å². The SMILES string of the molecule is CC(C)c1ccc([C@H]2SCCN2C(=O)COCc2ccccc2)cc1. The summed E-state index contributed by atoms with van der Waals surface area (Å²) in [6.45, 7) is 5.78. The van der Waals surface area contributed by atoms with E-state index >= 15 is 0 Å². The summed E-state index contributed by atoms with van der Waals surface area (Å²) in [6.07, 6.45) is 0. The van der Waals surface area contributed by atoms with Crippen LogP contribution in [-0.2, 0) is 16.1 Å². The maximum Gasteiger partial charge on any atom is 0.249 e. The Kier molecular flexibility index (Phi) is 6.16. The average molecular weight is 356 g/mol. The van der Waals surface area contributed by atoms with Crippen molar-refractivity contribution in [3.63, 3.8) is 0 Å². The lowest BCUT2D eigenvalue weighted by Crippen LogP contribution is -2.33. The molecular formula is C21H25NO2S. The number of amides is 1. The molecule has 3 nitrogen and oxygen atoms in total. The standard InChI is InChI=1S/C21H25NO2S/c1-16(2)18-8-10-19(11-9-18)21-22(12-13-25-21)20(23)15-24-14-17-6-4-3-5-7-17/h3-11,16,21H,12-15H2,1-2H3/t21-/m1/s1. The smallest absolute Gasteiger partial charge is 0.249 e. The van der Waals surface area contributed by atoms with Gasteiger partial charge in [-0.15, -0.1) is 11.8 Å². The lowest BCUT2D eigenvalue weighted by atomic mass is 10.0. The zero-order valence-corrected chi connectivity index (χ0v) is 15.7. The quantitative estimate of drug-likeness (QED) is 0.758. The van der Waals surface area contributed by atoms with E-state index in [1.165, 1.54) is 11.1 Å². The van der Waals surface area contributed by atoms with Crippen molar-refractivity contribution in [2.45, 2.75) is 31.7 Å². The average Bonchev–Trinajstić information content (AvgIpc) is 3.12. The van der Waals surface area contributed by atoms with E-state index < -0.39 is 0 Å². The van der Waals surface area contributed by atoms with Gasteiger partial charge in [0.1, 0.15) is 12.0 Å². The van der Waals surface area contributed by atoms with Gasteiger partial charge in [0.25, 0.3) is 0 Å². The van der Waals surface area contributed by atoms with Gasteiger partial charge in [-0.3, -0.25) is 4.79 Å². The van der Waals surface area contributed by atoms with E-state index in [2.05, 4.69) is 38.1 Å². The number of carbonyl (C=O) groups is 1. The van der Waals surface area contributed by atoms with Crippen LogP contribution < -0.4 is 0 Å². The maximum absolute atomic E-state index is 12.6. The van der Waals surface area contributed by atoms with Gasteiger partial charge in [0, 0.05) is 12.3 Å². The molecule has 0 N–H and O–H groups in total. The van der Waals surface area contributed by atoms with Gasteiger partial charge in [0.05, 0.1) is 6.61 Å². The second-order valence-electron chi connectivity index (χ2n) is 6.61. The molecule has 2 aromatic rings. The van der Waals surface area contributed by atoms with Gasteiger partial charge in [-0.25, -0.2) is 0 Å². The van der Waals surface area contributed by atoms with Crippen molar-refractivity contribution in [3.05, 3.63) is 71.3 Å². The minimum absolute atomic E-state index is 0.0684. The summed E-state index contributed by atoms with van der Waals surface area (Å²) in [5.74, 6) is 1.56. The molecule has 0 spiro atoms. The molecule has 25 heavy (non-hydrogen) atoms. The van der Waals surface area contributed by atoms with Crippen molar-refractivity contribution in [1.82, 2.24) is 4.90 Å². The van der Waals surface area contributed by atoms with Crippen LogP contribution in [0.2, 0.25) is 0 Å². The number of benzene rings is 2. The number of carbonyl (C=O) groups excluding carboxylic acids is 1. The molecule has 1 atom stereocenters. The summed E-state index contributed by atoms with van der Waals surface area (Å²) in [7, 11) is 0. The minimum Gasteiger partial charge on any atom is -0.367 e. The van der Waals surface area contributed by atoms with Crippen LogP contribution in [0.1, 0.15) is 41.8 Å². The highest BCUT2D eigenvalue weighted by molar-refractivity contribution is 7.99. The Morgan fingerprint density at radius 3 is 2.56 bits per heavy atom. The number of hydrogen-bond acceptors (Lipinski definition) is 3. The van der Waals surface area contributed by atoms with Gasteiger partial charge in [0.2, 0.25) is 5.91 Å². The van der Waals surface area contributed by atoms with E-state index in [1.807, 2.05) is 47.0 Å². The Morgan fingerprint density at radius 2 is 1.88 bits per heavy atom. The molecule has 1 fully saturated rings. The Hall–Kier alpha value is -1.78. The number of thioether (sulfide) groups is 1. The first-order chi connectivity index (χ1) is 12.1. The molecule has 0 aromatic heterocycles. The highest BCUT2D eigenvalue weighted by atomic mass is 32.2. The fourth-order valence-electron chi connectivity index (χ4n) is 2.96. The molecule has 0 aliphatic carbocycles. The summed E-state index contributed by atoms with van der Waals surface area (Å²) in [5, 5.41) is 0.106. The third-order valence-electron chi connectivity index (χ3n) is 4.44. The summed E-state index contributed by atoms with van der Waals surface area (Å²) in [6, 6.07) is 18.6. The van der Waals surface area contributed by atoms with E-state index in [9.17, 15) is 4.79 Å². The summed E-state index contributed by atoms with van der Waals surface area (Å²) in [4.78, 5) is 14.5. The van der Waals surface area contributed by atoms with Crippen LogP contribution in [0.4, 0.5) is 0 Å². The molecule has 3 rings (SSSR count). The highest BCUT2D eigenvalue weighted by Crippen LogP contribution is 2.38. The van der Waals surface area contributed by atoms with Gasteiger partial charge in [0.15, 0.2) is 0 Å². The highest BCUT2D eigenvalue weighted by Gasteiger charge is 2.30. The summed E-state index contributed by atoms with van der Waals surface area (Å²) < 4.78 is 5.63. The Labute approximate surface area is 154 Å². The van der Waals surface area contributed by atoms with Gasteiger partial charge >= 0.3 is 0 Å². The Morgan fingerprint density at radius 1 is 1.16 bits per heavy atom. The van der Waals surface area contributed by atoms with E-state index in [0.717, 1.165) is 17.9 Å². The van der Waals surface area contributed by atoms with Crippen molar-refractivity contribution < 1.29 is 9.53 Å². The number of rotatable bonds is 6. The molecule has 1 amide bonds. The predicted molar refractivity (Wildman–Crippen MR) is 104 cm³/mol. The van der Waals surface area contributed by atoms with Gasteiger partial charge in [-0.2, -0.15) is 0 Å². The first-order valence-corrected chi connectivity index (χ1v) is 9.82. The van der Waals surface area contributed by atoms with Gasteiger partial charge in [-0.1, -0.05) is 68.4 Å². The van der Waals surface area contributed by atoms with Crippen LogP contribution in [0.5, 0.6) is 0 Å². The van der Waals surface area contributed by atoms with Gasteiger partial charge in [-0.05, 0) is 22.6 Å². The molecule has 0 saturated carbocycles. The molecule has 0 unspecified atom stereocenters. The lowest BCUT2D eigenvalue weighted by molar-refractivity contribution is -0.136. The molecule has 2 aromatic carbocycles. The molecule has 0 radical (unpaired) electrons. The van der Waals surface area contributed by atoms with Crippen LogP contribution >= 0.6 is 11.8 Å². The van der Waals surface area contributed by atoms with Crippen molar-refractivity contribution in [2.24, 2.45) is 0 Å². The normalized spacial score (nSPS) is 17.2. The van der Waals surface area contributed by atoms with E-state index in [0.29, 0.717) is 12.5 Å². The second kappa shape index (κ2) is 8.54. The topological polar surface area (TPSA) is 29.5 Å². The molecule has 0 bridgehead atoms. The summed E-state index contributed by atoms with van der Waals surface area (Å²) in [5.41, 5.74) is 3.62. The monoisotopic (exact) mass is 355 g/mol. The molecule has 1 aliphatic rings. The number of nitrogens with zero attached hydrogens (tertiary/aromatic N) is 1. The van der Waals surface area contributed by atoms with E-state index in [1.54, 1.807) is 0 Å². The van der Waals surface area contributed by atoms with E-state index in [-0.39, 0.29) is 17.9 Å². The first-order valence-electron chi connectivity index (χ1n) is 8.78. The Bertz CT molecular complexity index is 685. The third kappa shape index (κ3) is 4.65. The zero-order valence-electron chi connectivity index (χ0n) is 14.9. The van der Waals surface area contributed by atoms with Crippen LogP contribution in [0.15, 0.2) is 54.6 Å². The summed E-state index contributed by atoms with van der Waals surface area (Å²) >= 11 is 1.83. The molecule has 4 heteroatoms. The Balaban J connectivity index is 1.57. The molecule has 132 valence electrons. The fourth-order valence-corrected chi connectivity index (χ4v) is 4.24. The van der Waals surface area contributed by atoms with E-state index in [4.69, 9.17) is 4.74 Å². The molecular weight excluding hydrogens is 330 g/mol.